The number of anilines is 4. The number of unbranched alkanes of at least 4 members (excludes halogenated alkanes) is 4. The summed E-state index contributed by atoms with van der Waals surface area (Å²) in [5, 5.41) is 5.81. The molecule has 2 aromatic heterocycles. The number of alkyl halides is 6. The lowest BCUT2D eigenvalue weighted by Gasteiger charge is -2.17. The Morgan fingerprint density at radius 2 is 1.00 bits per heavy atom. The third-order valence-corrected chi connectivity index (χ3v) is 8.44. The molecule has 306 valence electrons. The molecule has 56 heavy (non-hydrogen) atoms. The van der Waals surface area contributed by atoms with Crippen molar-refractivity contribution in [1.29, 1.82) is 0 Å². The standard InChI is InChI=1S/C20H24F3N3O2.C20H26F3N3O2/c1-2-3-12-27-15-10-8-14(9-11-15)25-19-24-13-17(20(21,22)23)18(26-19)28-16-6-4-5-7-16;1-3-5-7-13-28-18-17(20(21,22)23)14-24-19(26-18)25-15-8-10-16(11-9-15)27-12-6-4-2/h8-11,13,16H,2-7,12H2,1H3,(H,24,25,26);8-11,14H,3-7,12-13H2,1-2H3,(H,24,25,26). The van der Waals surface area contributed by atoms with E-state index in [1.165, 1.54) is 0 Å². The molecule has 4 aromatic rings. The second kappa shape index (κ2) is 21.9. The molecule has 2 heterocycles. The lowest BCUT2D eigenvalue weighted by atomic mass is 10.2. The van der Waals surface area contributed by atoms with Crippen LogP contribution in [-0.2, 0) is 12.4 Å². The second-order valence-electron chi connectivity index (χ2n) is 13.1. The average molecular weight is 793 g/mol. The summed E-state index contributed by atoms with van der Waals surface area (Å²) >= 11 is 0. The molecule has 10 nitrogen and oxygen atoms in total. The molecule has 1 saturated carbocycles. The Labute approximate surface area is 323 Å². The van der Waals surface area contributed by atoms with Crippen LogP contribution < -0.4 is 29.6 Å². The van der Waals surface area contributed by atoms with E-state index in [1.54, 1.807) is 48.5 Å². The van der Waals surface area contributed by atoms with Gasteiger partial charge in [0.2, 0.25) is 23.7 Å². The van der Waals surface area contributed by atoms with Crippen molar-refractivity contribution in [3.63, 3.8) is 0 Å². The van der Waals surface area contributed by atoms with Crippen LogP contribution in [0.4, 0.5) is 49.6 Å². The quantitative estimate of drug-likeness (QED) is 0.0703. The number of halogens is 6. The Kier molecular flexibility index (Phi) is 17.1. The molecule has 1 fully saturated rings. The van der Waals surface area contributed by atoms with Crippen LogP contribution in [0.2, 0.25) is 0 Å². The number of rotatable bonds is 19. The van der Waals surface area contributed by atoms with Crippen molar-refractivity contribution in [2.75, 3.05) is 30.5 Å². The van der Waals surface area contributed by atoms with Gasteiger partial charge in [-0.1, -0.05) is 46.5 Å². The summed E-state index contributed by atoms with van der Waals surface area (Å²) < 4.78 is 101. The molecule has 0 aliphatic heterocycles. The van der Waals surface area contributed by atoms with E-state index in [1.807, 2.05) is 6.92 Å². The first-order valence-electron chi connectivity index (χ1n) is 19.1. The number of hydrogen-bond donors (Lipinski definition) is 2. The fraction of sp³-hybridized carbons (Fsp3) is 0.500. The van der Waals surface area contributed by atoms with Crippen LogP contribution in [0.3, 0.4) is 0 Å². The maximum absolute atomic E-state index is 13.3. The molecule has 2 N–H and O–H groups in total. The van der Waals surface area contributed by atoms with Gasteiger partial charge < -0.3 is 29.6 Å². The minimum absolute atomic E-state index is 0.0399. The highest BCUT2D eigenvalue weighted by Crippen LogP contribution is 2.38. The van der Waals surface area contributed by atoms with Gasteiger partial charge in [-0.15, -0.1) is 0 Å². The Morgan fingerprint density at radius 3 is 1.45 bits per heavy atom. The van der Waals surface area contributed by atoms with E-state index in [4.69, 9.17) is 18.9 Å². The fourth-order valence-electron chi connectivity index (χ4n) is 5.32. The largest absolute Gasteiger partial charge is 0.494 e. The molecule has 0 amide bonds. The zero-order valence-electron chi connectivity index (χ0n) is 31.9. The average Bonchev–Trinajstić information content (AvgIpc) is 3.68. The van der Waals surface area contributed by atoms with E-state index >= 15 is 0 Å². The second-order valence-corrected chi connectivity index (χ2v) is 13.1. The Morgan fingerprint density at radius 1 is 0.571 bits per heavy atom. The van der Waals surface area contributed by atoms with Crippen molar-refractivity contribution in [3.8, 4) is 23.3 Å². The first-order chi connectivity index (χ1) is 26.9. The first-order valence-corrected chi connectivity index (χ1v) is 19.1. The summed E-state index contributed by atoms with van der Waals surface area (Å²) in [4.78, 5) is 15.5. The highest BCUT2D eigenvalue weighted by atomic mass is 19.4. The van der Waals surface area contributed by atoms with Crippen LogP contribution in [0.5, 0.6) is 23.3 Å². The van der Waals surface area contributed by atoms with Crippen molar-refractivity contribution >= 4 is 23.3 Å². The molecule has 0 atom stereocenters. The van der Waals surface area contributed by atoms with Crippen molar-refractivity contribution in [2.45, 2.75) is 110 Å². The summed E-state index contributed by atoms with van der Waals surface area (Å²) in [6.07, 6.45) is 2.07. The number of hydrogen-bond acceptors (Lipinski definition) is 10. The van der Waals surface area contributed by atoms with E-state index in [0.29, 0.717) is 31.0 Å². The first kappa shape index (κ1) is 43.7. The molecule has 5 rings (SSSR count). The number of nitrogens with zero attached hydrogens (tertiary/aromatic N) is 4. The zero-order chi connectivity index (χ0) is 40.4. The van der Waals surface area contributed by atoms with Crippen LogP contribution >= 0.6 is 0 Å². The normalized spacial score (nSPS) is 13.1. The number of benzene rings is 2. The summed E-state index contributed by atoms with van der Waals surface area (Å²) in [5.41, 5.74) is -0.646. The van der Waals surface area contributed by atoms with Gasteiger partial charge in [0.1, 0.15) is 28.7 Å². The topological polar surface area (TPSA) is 113 Å². The van der Waals surface area contributed by atoms with Crippen LogP contribution in [0, 0.1) is 0 Å². The van der Waals surface area contributed by atoms with E-state index in [-0.39, 0.29) is 24.6 Å². The van der Waals surface area contributed by atoms with Gasteiger partial charge in [0, 0.05) is 23.8 Å². The predicted molar refractivity (Wildman–Crippen MR) is 202 cm³/mol. The zero-order valence-corrected chi connectivity index (χ0v) is 31.9. The fourth-order valence-corrected chi connectivity index (χ4v) is 5.32. The number of ether oxygens (including phenoxy) is 4. The van der Waals surface area contributed by atoms with Crippen LogP contribution in [-0.4, -0.2) is 45.9 Å². The molecule has 0 saturated heterocycles. The van der Waals surface area contributed by atoms with Gasteiger partial charge in [0.25, 0.3) is 0 Å². The van der Waals surface area contributed by atoms with Crippen LogP contribution in [0.1, 0.15) is 103 Å². The van der Waals surface area contributed by atoms with Crippen molar-refractivity contribution in [2.24, 2.45) is 0 Å². The van der Waals surface area contributed by atoms with Gasteiger partial charge in [-0.25, -0.2) is 9.97 Å². The van der Waals surface area contributed by atoms with E-state index in [0.717, 1.165) is 88.1 Å². The minimum atomic E-state index is -4.57. The lowest BCUT2D eigenvalue weighted by Crippen LogP contribution is -2.17. The summed E-state index contributed by atoms with van der Waals surface area (Å²) in [6.45, 7) is 7.65. The highest BCUT2D eigenvalue weighted by Gasteiger charge is 2.38. The van der Waals surface area contributed by atoms with Gasteiger partial charge in [0.05, 0.1) is 19.8 Å². The molecule has 0 radical (unpaired) electrons. The maximum atomic E-state index is 13.3. The highest BCUT2D eigenvalue weighted by molar-refractivity contribution is 5.56. The van der Waals surface area contributed by atoms with E-state index < -0.39 is 35.2 Å². The third-order valence-electron chi connectivity index (χ3n) is 8.44. The molecule has 0 spiro atoms. The van der Waals surface area contributed by atoms with Crippen molar-refractivity contribution in [1.82, 2.24) is 19.9 Å². The summed E-state index contributed by atoms with van der Waals surface area (Å²) in [5.74, 6) is 0.681. The number of aromatic nitrogens is 4. The summed E-state index contributed by atoms with van der Waals surface area (Å²) in [6, 6.07) is 14.2. The van der Waals surface area contributed by atoms with Gasteiger partial charge in [-0.2, -0.15) is 36.3 Å². The van der Waals surface area contributed by atoms with Crippen molar-refractivity contribution in [3.05, 3.63) is 72.1 Å². The van der Waals surface area contributed by atoms with Gasteiger partial charge in [-0.05, 0) is 93.5 Å². The monoisotopic (exact) mass is 792 g/mol. The summed E-state index contributed by atoms with van der Waals surface area (Å²) in [7, 11) is 0. The number of nitrogens with one attached hydrogen (secondary N) is 2. The smallest absolute Gasteiger partial charge is 0.423 e. The van der Waals surface area contributed by atoms with Gasteiger partial charge in [-0.3, -0.25) is 0 Å². The Balaban J connectivity index is 0.000000249. The molecule has 0 unspecified atom stereocenters. The van der Waals surface area contributed by atoms with Gasteiger partial charge >= 0.3 is 12.4 Å². The van der Waals surface area contributed by atoms with Gasteiger partial charge in [0.15, 0.2) is 0 Å². The molecule has 1 aliphatic carbocycles. The third kappa shape index (κ3) is 14.6. The molecular formula is C40H50F6N6O4. The Bertz CT molecular complexity index is 1740. The van der Waals surface area contributed by atoms with E-state index in [2.05, 4.69) is 44.4 Å². The molecular weight excluding hydrogens is 742 g/mol. The molecule has 2 aromatic carbocycles. The lowest BCUT2D eigenvalue weighted by molar-refractivity contribution is -0.140. The maximum Gasteiger partial charge on any atom is 0.423 e. The van der Waals surface area contributed by atoms with Crippen LogP contribution in [0.25, 0.3) is 0 Å². The molecule has 16 heteroatoms. The van der Waals surface area contributed by atoms with E-state index in [9.17, 15) is 26.3 Å². The predicted octanol–water partition coefficient (Wildman–Crippen LogP) is 11.7. The molecule has 1 aliphatic rings. The van der Waals surface area contributed by atoms with Crippen molar-refractivity contribution < 1.29 is 45.3 Å². The SMILES string of the molecule is CCCCCOc1nc(Nc2ccc(OCCCC)cc2)ncc1C(F)(F)F.CCCCOc1ccc(Nc2ncc(C(F)(F)F)c(OC3CCCC3)n2)cc1. The van der Waals surface area contributed by atoms with Crippen LogP contribution in [0.15, 0.2) is 60.9 Å². The minimum Gasteiger partial charge on any atom is -0.494 e. The Hall–Kier alpha value is -5.02. The molecule has 0 bridgehead atoms.